The summed E-state index contributed by atoms with van der Waals surface area (Å²) in [6, 6.07) is 5.56. The second-order valence-corrected chi connectivity index (χ2v) is 5.05. The molecular formula is C15H22N2O3. The first-order valence-corrected chi connectivity index (χ1v) is 6.92. The number of methoxy groups -OCH3 is 2. The van der Waals surface area contributed by atoms with Gasteiger partial charge in [0.15, 0.2) is 0 Å². The minimum atomic E-state index is -0.0142. The van der Waals surface area contributed by atoms with E-state index in [1.54, 1.807) is 32.4 Å². The van der Waals surface area contributed by atoms with Crippen molar-refractivity contribution >= 4 is 11.6 Å². The zero-order valence-corrected chi connectivity index (χ0v) is 12.2. The van der Waals surface area contributed by atoms with Gasteiger partial charge >= 0.3 is 0 Å². The van der Waals surface area contributed by atoms with Crippen LogP contribution in [-0.2, 0) is 4.79 Å². The van der Waals surface area contributed by atoms with Crippen LogP contribution < -0.4 is 20.1 Å². The van der Waals surface area contributed by atoms with Gasteiger partial charge in [0, 0.05) is 12.1 Å². The number of rotatable bonds is 4. The molecule has 5 heteroatoms. The number of carbonyl (C=O) groups excluding carboxylic acids is 1. The lowest BCUT2D eigenvalue weighted by Gasteiger charge is -2.29. The van der Waals surface area contributed by atoms with Crippen LogP contribution in [-0.4, -0.2) is 32.7 Å². The van der Waals surface area contributed by atoms with Crippen molar-refractivity contribution in [3.05, 3.63) is 18.2 Å². The predicted molar refractivity (Wildman–Crippen MR) is 78.4 cm³/mol. The number of ether oxygens (including phenoxy) is 2. The van der Waals surface area contributed by atoms with E-state index in [0.29, 0.717) is 17.2 Å². The van der Waals surface area contributed by atoms with E-state index >= 15 is 0 Å². The summed E-state index contributed by atoms with van der Waals surface area (Å²) in [4.78, 5) is 12.4. The van der Waals surface area contributed by atoms with Crippen molar-refractivity contribution < 1.29 is 14.3 Å². The van der Waals surface area contributed by atoms with Gasteiger partial charge in [0.05, 0.1) is 25.8 Å². The van der Waals surface area contributed by atoms with E-state index in [1.807, 2.05) is 6.92 Å². The molecule has 1 amide bonds. The number of anilines is 1. The number of nitrogens with one attached hydrogen (secondary N) is 2. The standard InChI is InChI=1S/C15H22N2O3/c1-10-12(5-4-8-16-10)15(18)17-13-9-11(19-2)6-7-14(13)20-3/h6-7,9-10,12,16H,4-5,8H2,1-3H3,(H,17,18). The molecule has 110 valence electrons. The molecule has 1 aliphatic heterocycles. The highest BCUT2D eigenvalue weighted by Crippen LogP contribution is 2.30. The van der Waals surface area contributed by atoms with E-state index in [0.717, 1.165) is 19.4 Å². The molecule has 1 heterocycles. The van der Waals surface area contributed by atoms with Gasteiger partial charge in [-0.1, -0.05) is 0 Å². The molecule has 5 nitrogen and oxygen atoms in total. The molecule has 1 aromatic rings. The summed E-state index contributed by atoms with van der Waals surface area (Å²) >= 11 is 0. The fourth-order valence-corrected chi connectivity index (χ4v) is 2.54. The second kappa shape index (κ2) is 6.61. The molecule has 0 bridgehead atoms. The summed E-state index contributed by atoms with van der Waals surface area (Å²) in [5.41, 5.74) is 0.648. The third-order valence-electron chi connectivity index (χ3n) is 3.76. The number of piperidine rings is 1. The molecule has 20 heavy (non-hydrogen) atoms. The van der Waals surface area contributed by atoms with Gasteiger partial charge in [-0.25, -0.2) is 0 Å². The van der Waals surface area contributed by atoms with Crippen LogP contribution in [0.1, 0.15) is 19.8 Å². The van der Waals surface area contributed by atoms with Crippen LogP contribution in [0.5, 0.6) is 11.5 Å². The second-order valence-electron chi connectivity index (χ2n) is 5.05. The van der Waals surface area contributed by atoms with E-state index in [2.05, 4.69) is 10.6 Å². The molecule has 2 N–H and O–H groups in total. The number of carbonyl (C=O) groups is 1. The molecule has 1 aromatic carbocycles. The normalized spacial score (nSPS) is 22.1. The van der Waals surface area contributed by atoms with Crippen LogP contribution in [0.15, 0.2) is 18.2 Å². The van der Waals surface area contributed by atoms with E-state index in [1.165, 1.54) is 0 Å². The van der Waals surface area contributed by atoms with Crippen LogP contribution in [0.2, 0.25) is 0 Å². The van der Waals surface area contributed by atoms with Crippen LogP contribution >= 0.6 is 0 Å². The smallest absolute Gasteiger partial charge is 0.229 e. The average molecular weight is 278 g/mol. The predicted octanol–water partition coefficient (Wildman–Crippen LogP) is 2.03. The number of hydrogen-bond donors (Lipinski definition) is 2. The maximum atomic E-state index is 12.4. The summed E-state index contributed by atoms with van der Waals surface area (Å²) in [5.74, 6) is 1.34. The Morgan fingerprint density at radius 1 is 1.35 bits per heavy atom. The number of hydrogen-bond acceptors (Lipinski definition) is 4. The Kier molecular flexibility index (Phi) is 4.84. The molecule has 0 aromatic heterocycles. The molecule has 2 unspecified atom stereocenters. The third-order valence-corrected chi connectivity index (χ3v) is 3.76. The number of benzene rings is 1. The van der Waals surface area contributed by atoms with Crippen molar-refractivity contribution in [2.24, 2.45) is 5.92 Å². The molecule has 1 saturated heterocycles. The topological polar surface area (TPSA) is 59.6 Å². The van der Waals surface area contributed by atoms with E-state index < -0.39 is 0 Å². The molecule has 2 rings (SSSR count). The van der Waals surface area contributed by atoms with Crippen LogP contribution in [0, 0.1) is 5.92 Å². The Morgan fingerprint density at radius 3 is 2.80 bits per heavy atom. The summed E-state index contributed by atoms with van der Waals surface area (Å²) in [6.45, 7) is 3.03. The van der Waals surface area contributed by atoms with Crippen molar-refractivity contribution in [3.8, 4) is 11.5 Å². The lowest BCUT2D eigenvalue weighted by atomic mass is 9.91. The molecule has 0 radical (unpaired) electrons. The first-order valence-electron chi connectivity index (χ1n) is 6.92. The van der Waals surface area contributed by atoms with Gasteiger partial charge in [0.25, 0.3) is 0 Å². The zero-order valence-electron chi connectivity index (χ0n) is 12.2. The maximum absolute atomic E-state index is 12.4. The molecule has 0 spiro atoms. The molecule has 0 aliphatic carbocycles. The van der Waals surface area contributed by atoms with Crippen LogP contribution in [0.25, 0.3) is 0 Å². The largest absolute Gasteiger partial charge is 0.497 e. The lowest BCUT2D eigenvalue weighted by Crippen LogP contribution is -2.44. The van der Waals surface area contributed by atoms with Gasteiger partial charge in [0.2, 0.25) is 5.91 Å². The summed E-state index contributed by atoms with van der Waals surface area (Å²) in [6.07, 6.45) is 1.93. The summed E-state index contributed by atoms with van der Waals surface area (Å²) < 4.78 is 10.5. The Bertz CT molecular complexity index is 476. The lowest BCUT2D eigenvalue weighted by molar-refractivity contribution is -0.121. The van der Waals surface area contributed by atoms with E-state index in [9.17, 15) is 4.79 Å². The Labute approximate surface area is 119 Å². The fraction of sp³-hybridized carbons (Fsp3) is 0.533. The quantitative estimate of drug-likeness (QED) is 0.884. The monoisotopic (exact) mass is 278 g/mol. The zero-order chi connectivity index (χ0) is 14.5. The Hall–Kier alpha value is -1.75. The molecule has 2 atom stereocenters. The minimum Gasteiger partial charge on any atom is -0.497 e. The van der Waals surface area contributed by atoms with Gasteiger partial charge in [-0.15, -0.1) is 0 Å². The summed E-state index contributed by atoms with van der Waals surface area (Å²) in [7, 11) is 3.18. The highest BCUT2D eigenvalue weighted by molar-refractivity contribution is 5.94. The molecular weight excluding hydrogens is 256 g/mol. The molecule has 1 aliphatic rings. The maximum Gasteiger partial charge on any atom is 0.229 e. The van der Waals surface area contributed by atoms with Crippen molar-refractivity contribution in [1.82, 2.24) is 5.32 Å². The number of amides is 1. The van der Waals surface area contributed by atoms with Gasteiger partial charge in [-0.05, 0) is 38.4 Å². The van der Waals surface area contributed by atoms with Gasteiger partial charge in [0.1, 0.15) is 11.5 Å². The fourth-order valence-electron chi connectivity index (χ4n) is 2.54. The minimum absolute atomic E-state index is 0.0142. The van der Waals surface area contributed by atoms with Crippen LogP contribution in [0.4, 0.5) is 5.69 Å². The Balaban J connectivity index is 2.13. The Morgan fingerprint density at radius 2 is 2.15 bits per heavy atom. The van der Waals surface area contributed by atoms with Gasteiger partial charge < -0.3 is 20.1 Å². The van der Waals surface area contributed by atoms with E-state index in [4.69, 9.17) is 9.47 Å². The third kappa shape index (κ3) is 3.22. The average Bonchev–Trinajstić information content (AvgIpc) is 2.47. The van der Waals surface area contributed by atoms with Crippen molar-refractivity contribution in [2.75, 3.05) is 26.1 Å². The van der Waals surface area contributed by atoms with Gasteiger partial charge in [-0.3, -0.25) is 4.79 Å². The first kappa shape index (κ1) is 14.7. The summed E-state index contributed by atoms with van der Waals surface area (Å²) in [5, 5.41) is 6.29. The highest BCUT2D eigenvalue weighted by Gasteiger charge is 2.28. The first-order chi connectivity index (χ1) is 9.65. The highest BCUT2D eigenvalue weighted by atomic mass is 16.5. The van der Waals surface area contributed by atoms with Crippen molar-refractivity contribution in [1.29, 1.82) is 0 Å². The van der Waals surface area contributed by atoms with Crippen LogP contribution in [0.3, 0.4) is 0 Å². The van der Waals surface area contributed by atoms with E-state index in [-0.39, 0.29) is 17.9 Å². The molecule has 1 fully saturated rings. The van der Waals surface area contributed by atoms with Crippen molar-refractivity contribution in [3.63, 3.8) is 0 Å². The van der Waals surface area contributed by atoms with Crippen molar-refractivity contribution in [2.45, 2.75) is 25.8 Å². The van der Waals surface area contributed by atoms with Gasteiger partial charge in [-0.2, -0.15) is 0 Å². The SMILES string of the molecule is COc1ccc(OC)c(NC(=O)C2CCCNC2C)c1. The molecule has 0 saturated carbocycles.